The van der Waals surface area contributed by atoms with Crippen molar-refractivity contribution in [2.75, 3.05) is 7.11 Å². The average Bonchev–Trinajstić information content (AvgIpc) is 3.59. The zero-order valence-corrected chi connectivity index (χ0v) is 34.7. The second-order valence-corrected chi connectivity index (χ2v) is 15.4. The molecule has 3 aromatic carbocycles. The third-order valence-electron chi connectivity index (χ3n) is 9.31. The fourth-order valence-corrected chi connectivity index (χ4v) is 7.50. The topological polar surface area (TPSA) is 137 Å². The fraction of sp³-hybridized carbons (Fsp3) is 0.292. The molecule has 4 aromatic rings. The Bertz CT molecular complexity index is 2070. The lowest BCUT2D eigenvalue weighted by molar-refractivity contribution is -0.122. The van der Waals surface area contributed by atoms with Gasteiger partial charge in [-0.15, -0.1) is 19.4 Å². The number of ether oxygens (including phenoxy) is 1. The molecule has 5 N–H and O–H groups in total. The zero-order valence-electron chi connectivity index (χ0n) is 33.9. The highest BCUT2D eigenvalue weighted by Crippen LogP contribution is 2.34. The number of nitrogens with zero attached hydrogens (tertiary/aromatic N) is 1. The van der Waals surface area contributed by atoms with Crippen LogP contribution in [0.25, 0.3) is 17.0 Å². The molecule has 302 valence electrons. The number of carbonyl (C=O) groups is 1. The quantitative estimate of drug-likeness (QED) is 0.0624. The van der Waals surface area contributed by atoms with Gasteiger partial charge in [-0.1, -0.05) is 112 Å². The molecule has 1 aliphatic carbocycles. The lowest BCUT2D eigenvalue weighted by Crippen LogP contribution is -2.34. The van der Waals surface area contributed by atoms with Crippen LogP contribution in [0.1, 0.15) is 63.3 Å². The van der Waals surface area contributed by atoms with Gasteiger partial charge < -0.3 is 16.2 Å². The number of amides is 1. The van der Waals surface area contributed by atoms with Gasteiger partial charge in [-0.25, -0.2) is 13.4 Å². The molecule has 9 heteroatoms. The van der Waals surface area contributed by atoms with E-state index in [1.165, 1.54) is 24.0 Å². The summed E-state index contributed by atoms with van der Waals surface area (Å²) in [5.41, 5.74) is 16.6. The Balaban J connectivity index is 0.000000336. The van der Waals surface area contributed by atoms with Crippen LogP contribution in [0.2, 0.25) is 0 Å². The number of aryl methyl sites for hydroxylation is 1. The second-order valence-electron chi connectivity index (χ2n) is 13.7. The maximum atomic E-state index is 12.0. The van der Waals surface area contributed by atoms with Crippen LogP contribution in [0, 0.1) is 30.6 Å². The number of hydrogen-bond donors (Lipinski definition) is 3. The van der Waals surface area contributed by atoms with Gasteiger partial charge in [0.05, 0.1) is 29.1 Å². The lowest BCUT2D eigenvalue weighted by Gasteiger charge is -2.15. The van der Waals surface area contributed by atoms with Crippen LogP contribution in [0.4, 0.5) is 0 Å². The highest BCUT2D eigenvalue weighted by atomic mass is 32.2. The van der Waals surface area contributed by atoms with E-state index in [4.69, 9.17) is 21.2 Å². The third-order valence-corrected chi connectivity index (χ3v) is 10.7. The van der Waals surface area contributed by atoms with Crippen molar-refractivity contribution in [3.63, 3.8) is 0 Å². The Morgan fingerprint density at radius 1 is 1.00 bits per heavy atom. The van der Waals surface area contributed by atoms with Crippen LogP contribution in [0.3, 0.4) is 0 Å². The van der Waals surface area contributed by atoms with Crippen molar-refractivity contribution in [1.29, 1.82) is 0 Å². The Labute approximate surface area is 341 Å². The van der Waals surface area contributed by atoms with Gasteiger partial charge in [0.1, 0.15) is 5.75 Å². The molecule has 1 fully saturated rings. The largest absolute Gasteiger partial charge is 0.497 e. The molecule has 0 radical (unpaired) electrons. The van der Waals surface area contributed by atoms with E-state index in [-0.39, 0.29) is 28.7 Å². The van der Waals surface area contributed by atoms with Gasteiger partial charge in [0, 0.05) is 23.2 Å². The summed E-state index contributed by atoms with van der Waals surface area (Å²) in [5.74, 6) is 0.625. The summed E-state index contributed by atoms with van der Waals surface area (Å²) in [6.07, 6.45) is 27.2. The number of fused-ring (bicyclic) bond motifs is 1. The van der Waals surface area contributed by atoms with E-state index in [9.17, 15) is 13.2 Å². The molecule has 0 aliphatic heterocycles. The molecule has 0 bridgehead atoms. The number of allylic oxidation sites excluding steroid dienone is 7. The SMILES string of the molecule is C#C.C=CC[C@H](C)C(=C)NS(=O)(=O)c1ccccc1.CCCc1ccccc1.C\C=C/C=C\C=C\c1cc(CC2C[C@H](N)[C@H](C(N)=O)C2)c2ccc(OC)cc2n1. The number of aromatic nitrogens is 1. The standard InChI is InChI=1S/C24H29N3O2.C13H17NO2S.C9H12.C2H2/c1-3-4-5-6-7-8-18-14-17(11-16-12-21(24(26)28)22(25)13-16)20-10-9-19(29-2)15-23(20)27-18;1-4-8-11(2)12(3)14-17(15,16)13-9-6-5-7-10-13;1-2-6-9-7-4-3-5-8-9;1-2/h3-10,14-16,21-22H,11-13,25H2,1-2H3,(H2,26,28);4-7,9-11,14H,1,3,8H2,2H3;3-5,7-8H,2,6H2,1H3;1-2H/b4-3-,6-5-,8-7+;;;/t16?,21-,22+;11-;;/m10../s1. The van der Waals surface area contributed by atoms with Gasteiger partial charge >= 0.3 is 0 Å². The van der Waals surface area contributed by atoms with Gasteiger partial charge in [-0.05, 0) is 98.4 Å². The summed E-state index contributed by atoms with van der Waals surface area (Å²) in [5, 5.41) is 1.10. The Hall–Kier alpha value is -5.69. The number of primary amides is 1. The molecule has 1 amide bonds. The fourth-order valence-electron chi connectivity index (χ4n) is 6.32. The lowest BCUT2D eigenvalue weighted by atomic mass is 9.93. The first-order valence-corrected chi connectivity index (χ1v) is 20.6. The number of rotatable bonds is 15. The molecule has 0 saturated heterocycles. The number of sulfonamides is 1. The normalized spacial score (nSPS) is 16.7. The number of nitrogens with one attached hydrogen (secondary N) is 1. The molecule has 5 rings (SSSR count). The molecule has 57 heavy (non-hydrogen) atoms. The van der Waals surface area contributed by atoms with Gasteiger partial charge in [0.2, 0.25) is 5.91 Å². The summed E-state index contributed by atoms with van der Waals surface area (Å²) in [6.45, 7) is 13.4. The van der Waals surface area contributed by atoms with E-state index in [1.807, 2.05) is 62.4 Å². The van der Waals surface area contributed by atoms with E-state index in [0.717, 1.165) is 41.6 Å². The molecule has 8 nitrogen and oxygen atoms in total. The minimum absolute atomic E-state index is 0.0333. The van der Waals surface area contributed by atoms with E-state index in [2.05, 4.69) is 80.1 Å². The van der Waals surface area contributed by atoms with Crippen LogP contribution >= 0.6 is 0 Å². The van der Waals surface area contributed by atoms with Crippen molar-refractivity contribution in [2.24, 2.45) is 29.2 Å². The Kier molecular flexibility index (Phi) is 21.2. The number of methoxy groups -OCH3 is 1. The average molecular weight is 789 g/mol. The maximum Gasteiger partial charge on any atom is 0.261 e. The van der Waals surface area contributed by atoms with Crippen molar-refractivity contribution >= 4 is 32.9 Å². The summed E-state index contributed by atoms with van der Waals surface area (Å²) in [7, 11) is -1.85. The van der Waals surface area contributed by atoms with Crippen LogP contribution in [-0.4, -0.2) is 32.5 Å². The van der Waals surface area contributed by atoms with Crippen molar-refractivity contribution in [2.45, 2.75) is 70.2 Å². The Morgan fingerprint density at radius 2 is 1.65 bits per heavy atom. The molecule has 1 aliphatic rings. The number of hydrogen-bond acceptors (Lipinski definition) is 6. The zero-order chi connectivity index (χ0) is 42.2. The molecule has 0 spiro atoms. The van der Waals surface area contributed by atoms with Crippen LogP contribution in [0.15, 0.2) is 145 Å². The monoisotopic (exact) mass is 788 g/mol. The summed E-state index contributed by atoms with van der Waals surface area (Å²) in [6, 6.07) is 26.7. The second kappa shape index (κ2) is 25.5. The highest BCUT2D eigenvalue weighted by molar-refractivity contribution is 7.89. The summed E-state index contributed by atoms with van der Waals surface area (Å²) >= 11 is 0. The van der Waals surface area contributed by atoms with E-state index < -0.39 is 10.0 Å². The summed E-state index contributed by atoms with van der Waals surface area (Å²) in [4.78, 5) is 16.7. The van der Waals surface area contributed by atoms with Crippen LogP contribution < -0.4 is 20.9 Å². The summed E-state index contributed by atoms with van der Waals surface area (Å²) < 4.78 is 31.8. The molecule has 4 atom stereocenters. The predicted octanol–water partition coefficient (Wildman–Crippen LogP) is 9.35. The van der Waals surface area contributed by atoms with E-state index in [1.54, 1.807) is 43.5 Å². The van der Waals surface area contributed by atoms with Crippen LogP contribution in [-0.2, 0) is 27.7 Å². The number of terminal acetylenes is 1. The van der Waals surface area contributed by atoms with E-state index >= 15 is 0 Å². The van der Waals surface area contributed by atoms with E-state index in [0.29, 0.717) is 18.0 Å². The first-order valence-electron chi connectivity index (χ1n) is 19.2. The van der Waals surface area contributed by atoms with Crippen molar-refractivity contribution < 1.29 is 17.9 Å². The van der Waals surface area contributed by atoms with Crippen LogP contribution in [0.5, 0.6) is 5.75 Å². The minimum atomic E-state index is -3.51. The van der Waals surface area contributed by atoms with Gasteiger partial charge in [0.25, 0.3) is 10.0 Å². The molecule has 1 saturated carbocycles. The molecular weight excluding hydrogens is 729 g/mol. The first kappa shape index (κ1) is 47.5. The first-order chi connectivity index (χ1) is 27.4. The van der Waals surface area contributed by atoms with Gasteiger partial charge in [-0.2, -0.15) is 0 Å². The number of carbonyl (C=O) groups excluding carboxylic acids is 1. The van der Waals surface area contributed by atoms with Gasteiger partial charge in [0.15, 0.2) is 0 Å². The highest BCUT2D eigenvalue weighted by Gasteiger charge is 2.35. The van der Waals surface area contributed by atoms with Gasteiger partial charge in [-0.3, -0.25) is 9.52 Å². The molecular formula is C48H60N4O4S. The number of nitrogens with two attached hydrogens (primary N) is 2. The van der Waals surface area contributed by atoms with Crippen molar-refractivity contribution in [3.8, 4) is 18.6 Å². The molecule has 1 unspecified atom stereocenters. The number of benzene rings is 3. The smallest absolute Gasteiger partial charge is 0.261 e. The number of pyridine rings is 1. The minimum Gasteiger partial charge on any atom is -0.497 e. The predicted molar refractivity (Wildman–Crippen MR) is 239 cm³/mol. The Morgan fingerprint density at radius 3 is 2.23 bits per heavy atom. The van der Waals surface area contributed by atoms with Crippen molar-refractivity contribution in [3.05, 3.63) is 157 Å². The third kappa shape index (κ3) is 16.1. The molecule has 1 aromatic heterocycles. The van der Waals surface area contributed by atoms with Crippen molar-refractivity contribution in [1.82, 2.24) is 9.71 Å². The maximum absolute atomic E-state index is 12.0. The molecule has 1 heterocycles.